The van der Waals surface area contributed by atoms with Gasteiger partial charge in [0.05, 0.1) is 0 Å². The lowest BCUT2D eigenvalue weighted by Gasteiger charge is -2.33. The van der Waals surface area contributed by atoms with Crippen molar-refractivity contribution in [1.29, 1.82) is 0 Å². The molecule has 0 bridgehead atoms. The van der Waals surface area contributed by atoms with Gasteiger partial charge in [-0.1, -0.05) is 11.6 Å². The Balaban J connectivity index is 2.22. The lowest BCUT2D eigenvalue weighted by atomic mass is 10.2. The van der Waals surface area contributed by atoms with E-state index < -0.39 is 0 Å². The molecule has 1 fully saturated rings. The van der Waals surface area contributed by atoms with Crippen LogP contribution < -0.4 is 10.2 Å². The van der Waals surface area contributed by atoms with E-state index in [4.69, 9.17) is 11.6 Å². The van der Waals surface area contributed by atoms with E-state index in [1.54, 1.807) is 12.1 Å². The summed E-state index contributed by atoms with van der Waals surface area (Å²) in [6, 6.07) is 3.22. The molecule has 2 rings (SSSR count). The third kappa shape index (κ3) is 2.02. The molecule has 5 nitrogen and oxygen atoms in total. The van der Waals surface area contributed by atoms with Gasteiger partial charge in [0.15, 0.2) is 11.0 Å². The second-order valence-corrected chi connectivity index (χ2v) is 3.76. The fourth-order valence-electron chi connectivity index (χ4n) is 1.56. The van der Waals surface area contributed by atoms with Gasteiger partial charge in [-0.3, -0.25) is 4.79 Å². The average Bonchev–Trinajstić information content (AvgIpc) is 2.24. The normalized spacial score (nSPS) is 21.3. The molecule has 1 aromatic heterocycles. The topological polar surface area (TPSA) is 58.1 Å². The smallest absolute Gasteiger partial charge is 0.242 e. The van der Waals surface area contributed by atoms with Crippen molar-refractivity contribution in [2.45, 2.75) is 13.0 Å². The standard InChI is InChI=1S/C9H11ClN4O/c1-6-9(15)11-4-5-14(6)8-3-2-7(10)12-13-8/h2-3,6H,4-5H2,1H3,(H,11,15). The molecule has 0 radical (unpaired) electrons. The van der Waals surface area contributed by atoms with Gasteiger partial charge in [0.1, 0.15) is 6.04 Å². The van der Waals surface area contributed by atoms with Crippen molar-refractivity contribution in [2.75, 3.05) is 18.0 Å². The molecule has 2 heterocycles. The van der Waals surface area contributed by atoms with Gasteiger partial charge in [0.2, 0.25) is 5.91 Å². The molecule has 0 aliphatic carbocycles. The maximum absolute atomic E-state index is 11.4. The van der Waals surface area contributed by atoms with Gasteiger partial charge in [0.25, 0.3) is 0 Å². The first-order chi connectivity index (χ1) is 7.18. The van der Waals surface area contributed by atoms with Gasteiger partial charge in [-0.05, 0) is 19.1 Å². The molecule has 1 saturated heterocycles. The van der Waals surface area contributed by atoms with E-state index in [1.807, 2.05) is 11.8 Å². The Kier molecular flexibility index (Phi) is 2.73. The maximum Gasteiger partial charge on any atom is 0.242 e. The van der Waals surface area contributed by atoms with Gasteiger partial charge in [-0.15, -0.1) is 10.2 Å². The van der Waals surface area contributed by atoms with Crippen molar-refractivity contribution >= 4 is 23.3 Å². The summed E-state index contributed by atoms with van der Waals surface area (Å²) in [6.07, 6.45) is 0. The Labute approximate surface area is 92.4 Å². The molecule has 80 valence electrons. The quantitative estimate of drug-likeness (QED) is 0.756. The first kappa shape index (κ1) is 10.2. The highest BCUT2D eigenvalue weighted by Gasteiger charge is 2.26. The minimum atomic E-state index is -0.214. The van der Waals surface area contributed by atoms with Crippen molar-refractivity contribution in [3.8, 4) is 0 Å². The minimum absolute atomic E-state index is 0.0120. The van der Waals surface area contributed by atoms with Gasteiger partial charge < -0.3 is 10.2 Å². The van der Waals surface area contributed by atoms with Crippen LogP contribution in [0.3, 0.4) is 0 Å². The van der Waals surface area contributed by atoms with Crippen LogP contribution in [0.25, 0.3) is 0 Å². The van der Waals surface area contributed by atoms with Crippen molar-refractivity contribution in [3.63, 3.8) is 0 Å². The van der Waals surface area contributed by atoms with Gasteiger partial charge in [-0.2, -0.15) is 0 Å². The molecule has 1 unspecified atom stereocenters. The van der Waals surface area contributed by atoms with Crippen molar-refractivity contribution < 1.29 is 4.79 Å². The summed E-state index contributed by atoms with van der Waals surface area (Å²) in [5.74, 6) is 0.694. The van der Waals surface area contributed by atoms with Crippen LogP contribution >= 0.6 is 11.6 Å². The first-order valence-electron chi connectivity index (χ1n) is 4.72. The van der Waals surface area contributed by atoms with Gasteiger partial charge in [-0.25, -0.2) is 0 Å². The fourth-order valence-corrected chi connectivity index (χ4v) is 1.66. The Bertz CT molecular complexity index is 367. The number of anilines is 1. The monoisotopic (exact) mass is 226 g/mol. The molecule has 0 aromatic carbocycles. The molecule has 1 N–H and O–H groups in total. The van der Waals surface area contributed by atoms with Crippen LogP contribution in [-0.4, -0.2) is 35.2 Å². The molecule has 1 atom stereocenters. The van der Waals surface area contributed by atoms with Crippen molar-refractivity contribution in [3.05, 3.63) is 17.3 Å². The van der Waals surface area contributed by atoms with E-state index in [1.165, 1.54) is 0 Å². The highest BCUT2D eigenvalue weighted by atomic mass is 35.5. The summed E-state index contributed by atoms with van der Waals surface area (Å²) >= 11 is 5.64. The lowest BCUT2D eigenvalue weighted by Crippen LogP contribution is -2.54. The predicted octanol–water partition coefficient (Wildman–Crippen LogP) is 0.455. The fraction of sp³-hybridized carbons (Fsp3) is 0.444. The third-order valence-electron chi connectivity index (χ3n) is 2.41. The van der Waals surface area contributed by atoms with Crippen LogP contribution in [0.2, 0.25) is 5.15 Å². The molecule has 1 aliphatic heterocycles. The molecular formula is C9H11ClN4O. The van der Waals surface area contributed by atoms with Gasteiger partial charge >= 0.3 is 0 Å². The van der Waals surface area contributed by atoms with E-state index in [0.717, 1.165) is 6.54 Å². The molecule has 1 aromatic rings. The molecule has 1 amide bonds. The minimum Gasteiger partial charge on any atom is -0.353 e. The molecule has 0 saturated carbocycles. The number of amides is 1. The molecule has 6 heteroatoms. The lowest BCUT2D eigenvalue weighted by molar-refractivity contribution is -0.122. The zero-order chi connectivity index (χ0) is 10.8. The summed E-state index contributed by atoms with van der Waals surface area (Å²) in [6.45, 7) is 3.21. The molecule has 0 spiro atoms. The van der Waals surface area contributed by atoms with E-state index in [2.05, 4.69) is 15.5 Å². The van der Waals surface area contributed by atoms with Crippen LogP contribution in [0.15, 0.2) is 12.1 Å². The van der Waals surface area contributed by atoms with Crippen LogP contribution in [0.4, 0.5) is 5.82 Å². The van der Waals surface area contributed by atoms with E-state index >= 15 is 0 Å². The summed E-state index contributed by atoms with van der Waals surface area (Å²) in [7, 11) is 0. The number of piperazine rings is 1. The zero-order valence-electron chi connectivity index (χ0n) is 8.27. The number of nitrogens with zero attached hydrogens (tertiary/aromatic N) is 3. The molecule has 1 aliphatic rings. The summed E-state index contributed by atoms with van der Waals surface area (Å²) < 4.78 is 0. The number of rotatable bonds is 1. The van der Waals surface area contributed by atoms with Crippen LogP contribution in [-0.2, 0) is 4.79 Å². The summed E-state index contributed by atoms with van der Waals surface area (Å²) in [5, 5.41) is 10.8. The maximum atomic E-state index is 11.4. The number of nitrogens with one attached hydrogen (secondary N) is 1. The van der Waals surface area contributed by atoms with Crippen molar-refractivity contribution in [2.24, 2.45) is 0 Å². The van der Waals surface area contributed by atoms with E-state index in [0.29, 0.717) is 17.5 Å². The number of carbonyl (C=O) groups excluding carboxylic acids is 1. The highest BCUT2D eigenvalue weighted by Crippen LogP contribution is 2.16. The van der Waals surface area contributed by atoms with Crippen LogP contribution in [0, 0.1) is 0 Å². The van der Waals surface area contributed by atoms with E-state index in [-0.39, 0.29) is 11.9 Å². The Morgan fingerprint density at radius 2 is 2.33 bits per heavy atom. The Morgan fingerprint density at radius 3 is 3.00 bits per heavy atom. The van der Waals surface area contributed by atoms with Crippen LogP contribution in [0.5, 0.6) is 0 Å². The SMILES string of the molecule is CC1C(=O)NCCN1c1ccc(Cl)nn1. The number of halogens is 1. The number of hydrogen-bond acceptors (Lipinski definition) is 4. The largest absolute Gasteiger partial charge is 0.353 e. The summed E-state index contributed by atoms with van der Waals surface area (Å²) in [4.78, 5) is 13.3. The second-order valence-electron chi connectivity index (χ2n) is 3.37. The zero-order valence-corrected chi connectivity index (χ0v) is 9.03. The number of hydrogen-bond donors (Lipinski definition) is 1. The Hall–Kier alpha value is -1.36. The first-order valence-corrected chi connectivity index (χ1v) is 5.10. The third-order valence-corrected chi connectivity index (χ3v) is 2.61. The summed E-state index contributed by atoms with van der Waals surface area (Å²) in [5.41, 5.74) is 0. The predicted molar refractivity (Wildman–Crippen MR) is 56.9 cm³/mol. The Morgan fingerprint density at radius 1 is 1.53 bits per heavy atom. The second kappa shape index (κ2) is 4.02. The molecule has 15 heavy (non-hydrogen) atoms. The number of carbonyl (C=O) groups is 1. The number of aromatic nitrogens is 2. The molecular weight excluding hydrogens is 216 g/mol. The highest BCUT2D eigenvalue weighted by molar-refractivity contribution is 6.29. The average molecular weight is 227 g/mol. The van der Waals surface area contributed by atoms with Crippen molar-refractivity contribution in [1.82, 2.24) is 15.5 Å². The van der Waals surface area contributed by atoms with Crippen LogP contribution in [0.1, 0.15) is 6.92 Å². The van der Waals surface area contributed by atoms with Gasteiger partial charge in [0, 0.05) is 13.1 Å². The van der Waals surface area contributed by atoms with E-state index in [9.17, 15) is 4.79 Å².